The van der Waals surface area contributed by atoms with E-state index in [9.17, 15) is 24.0 Å². The SMILES string of the molecule is COC(=O)NC(C(=O)N1CC(=O)C[C@H]1c1ncc(-c2ccc3cc(-c4ccc(-c5cnc([C@@H]6CCCN6C(=O)[C@H](NC(=O)OC)c6ccccc6)[nH]5)cc4)ccc3c2)[nH]1)C(C)C. The molecule has 0 saturated carbocycles. The molecular weight excluding hydrogens is 789 g/mol. The van der Waals surface area contributed by atoms with Crippen LogP contribution in [0.5, 0.6) is 0 Å². The fraction of sp³-hybridized carbons (Fsp3) is 0.298. The molecule has 2 fully saturated rings. The largest absolute Gasteiger partial charge is 0.453 e. The van der Waals surface area contributed by atoms with Crippen molar-refractivity contribution in [3.8, 4) is 33.6 Å². The highest BCUT2D eigenvalue weighted by molar-refractivity contribution is 5.94. The number of carbonyl (C=O) groups excluding carboxylic acids is 5. The number of likely N-dealkylation sites (tertiary alicyclic amines) is 2. The summed E-state index contributed by atoms with van der Waals surface area (Å²) in [5.41, 5.74) is 6.21. The molecule has 0 bridgehead atoms. The number of rotatable bonds is 11. The molecule has 4 aromatic carbocycles. The number of amides is 4. The highest BCUT2D eigenvalue weighted by atomic mass is 16.5. The Morgan fingerprint density at radius 2 is 1.27 bits per heavy atom. The Balaban J connectivity index is 0.950. The number of nitrogens with zero attached hydrogens (tertiary/aromatic N) is 4. The molecule has 2 aliphatic heterocycles. The number of alkyl carbamates (subject to hydrolysis) is 2. The van der Waals surface area contributed by atoms with Gasteiger partial charge in [-0.1, -0.05) is 92.7 Å². The summed E-state index contributed by atoms with van der Waals surface area (Å²) in [6.45, 7) is 4.13. The first-order valence-corrected chi connectivity index (χ1v) is 20.6. The van der Waals surface area contributed by atoms with Crippen LogP contribution in [0.3, 0.4) is 0 Å². The highest BCUT2D eigenvalue weighted by Crippen LogP contribution is 2.36. The molecule has 4 heterocycles. The zero-order valence-electron chi connectivity index (χ0n) is 34.9. The van der Waals surface area contributed by atoms with Gasteiger partial charge in [0.25, 0.3) is 5.91 Å². The topological polar surface area (TPSA) is 192 Å². The second-order valence-corrected chi connectivity index (χ2v) is 16.0. The average Bonchev–Trinajstić information content (AvgIpc) is 4.14. The van der Waals surface area contributed by atoms with Gasteiger partial charge in [0.05, 0.1) is 56.6 Å². The van der Waals surface area contributed by atoms with E-state index in [0.29, 0.717) is 23.8 Å². The average molecular weight is 837 g/mol. The predicted molar refractivity (Wildman–Crippen MR) is 231 cm³/mol. The second kappa shape index (κ2) is 17.7. The summed E-state index contributed by atoms with van der Waals surface area (Å²) in [6, 6.07) is 27.2. The van der Waals surface area contributed by atoms with Gasteiger partial charge in [0.2, 0.25) is 5.91 Å². The van der Waals surface area contributed by atoms with Gasteiger partial charge in [0, 0.05) is 18.5 Å². The summed E-state index contributed by atoms with van der Waals surface area (Å²) >= 11 is 0. The maximum atomic E-state index is 13.9. The van der Waals surface area contributed by atoms with Crippen molar-refractivity contribution in [3.63, 3.8) is 0 Å². The van der Waals surface area contributed by atoms with Crippen LogP contribution < -0.4 is 10.6 Å². The molecule has 4 N–H and O–H groups in total. The van der Waals surface area contributed by atoms with Crippen LogP contribution in [0.25, 0.3) is 44.4 Å². The van der Waals surface area contributed by atoms with Crippen molar-refractivity contribution in [2.75, 3.05) is 27.3 Å². The number of fused-ring (bicyclic) bond motifs is 1. The zero-order valence-corrected chi connectivity index (χ0v) is 34.9. The number of benzene rings is 4. The fourth-order valence-electron chi connectivity index (χ4n) is 8.38. The summed E-state index contributed by atoms with van der Waals surface area (Å²) in [7, 11) is 2.52. The van der Waals surface area contributed by atoms with Crippen molar-refractivity contribution < 1.29 is 33.4 Å². The Morgan fingerprint density at radius 3 is 1.94 bits per heavy atom. The number of Topliss-reactive ketones (excluding diaryl/α,β-unsaturated/α-hetero) is 1. The first kappa shape index (κ1) is 41.4. The monoisotopic (exact) mass is 836 g/mol. The normalized spacial score (nSPS) is 17.3. The van der Waals surface area contributed by atoms with Crippen LogP contribution in [0.4, 0.5) is 9.59 Å². The van der Waals surface area contributed by atoms with Crippen LogP contribution in [0, 0.1) is 5.92 Å². The van der Waals surface area contributed by atoms with Gasteiger partial charge in [-0.25, -0.2) is 19.6 Å². The number of imidazole rings is 2. The molecule has 318 valence electrons. The van der Waals surface area contributed by atoms with Gasteiger partial charge in [-0.3, -0.25) is 14.4 Å². The molecule has 0 radical (unpaired) electrons. The minimum absolute atomic E-state index is 0.0600. The number of ketones is 1. The number of H-pyrrole nitrogens is 2. The van der Waals surface area contributed by atoms with Gasteiger partial charge in [0.15, 0.2) is 5.78 Å². The molecule has 6 aromatic rings. The van der Waals surface area contributed by atoms with Crippen LogP contribution in [0.2, 0.25) is 0 Å². The van der Waals surface area contributed by atoms with E-state index in [1.165, 1.54) is 19.1 Å². The number of methoxy groups -OCH3 is 2. The summed E-state index contributed by atoms with van der Waals surface area (Å²) in [5, 5.41) is 7.40. The Morgan fingerprint density at radius 1 is 0.694 bits per heavy atom. The van der Waals surface area contributed by atoms with Gasteiger partial charge < -0.3 is 39.9 Å². The molecule has 0 aliphatic carbocycles. The van der Waals surface area contributed by atoms with E-state index in [1.54, 1.807) is 17.3 Å². The lowest BCUT2D eigenvalue weighted by atomic mass is 9.98. The van der Waals surface area contributed by atoms with Crippen molar-refractivity contribution in [2.24, 2.45) is 5.92 Å². The van der Waals surface area contributed by atoms with Gasteiger partial charge in [-0.05, 0) is 63.9 Å². The van der Waals surface area contributed by atoms with E-state index in [2.05, 4.69) is 68.1 Å². The van der Waals surface area contributed by atoms with Crippen LogP contribution in [0.1, 0.15) is 68.4 Å². The van der Waals surface area contributed by atoms with E-state index < -0.39 is 30.3 Å². The Hall–Kier alpha value is -7.29. The number of nitrogens with one attached hydrogen (secondary N) is 4. The third-order valence-corrected chi connectivity index (χ3v) is 11.7. The van der Waals surface area contributed by atoms with Gasteiger partial charge >= 0.3 is 12.2 Å². The molecule has 2 saturated heterocycles. The molecule has 62 heavy (non-hydrogen) atoms. The van der Waals surface area contributed by atoms with Crippen LogP contribution >= 0.6 is 0 Å². The third-order valence-electron chi connectivity index (χ3n) is 11.7. The lowest BCUT2D eigenvalue weighted by Crippen LogP contribution is -2.51. The molecule has 0 spiro atoms. The smallest absolute Gasteiger partial charge is 0.407 e. The summed E-state index contributed by atoms with van der Waals surface area (Å²) in [4.78, 5) is 83.7. The maximum absolute atomic E-state index is 13.9. The van der Waals surface area contributed by atoms with Crippen molar-refractivity contribution in [2.45, 2.75) is 57.3 Å². The molecule has 1 unspecified atom stereocenters. The molecular formula is C47H48N8O7. The summed E-state index contributed by atoms with van der Waals surface area (Å²) < 4.78 is 9.55. The number of hydrogen-bond donors (Lipinski definition) is 4. The van der Waals surface area contributed by atoms with Gasteiger partial charge in [-0.15, -0.1) is 0 Å². The number of ether oxygens (including phenoxy) is 2. The van der Waals surface area contributed by atoms with E-state index in [1.807, 2.05) is 62.4 Å². The lowest BCUT2D eigenvalue weighted by molar-refractivity contribution is -0.136. The van der Waals surface area contributed by atoms with E-state index in [-0.39, 0.29) is 42.5 Å². The summed E-state index contributed by atoms with van der Waals surface area (Å²) in [5.74, 6) is 0.297. The standard InChI is InChI=1S/C47H48N8O7/c1-27(2)40(52-46(59)61-3)44(57)55-26-35(56)23-39(55)43-49-25-37(51-43)34-19-18-32-21-31(16-17-33(32)22-34)28-12-14-29(15-13-28)36-24-48-42(50-36)38-11-8-20-54(38)45(58)41(53-47(60)62-4)30-9-6-5-7-10-30/h5-7,9-10,12-19,21-22,24-25,27,38-41H,8,11,20,23,26H2,1-4H3,(H,48,50)(H,49,51)(H,52,59)(H,53,60)/t38-,39-,40?,41+/m0/s1. The molecule has 2 aromatic heterocycles. The number of aromatic amines is 2. The Bertz CT molecular complexity index is 2620. The molecule has 8 rings (SSSR count). The Kier molecular flexibility index (Phi) is 11.9. The minimum atomic E-state index is -0.890. The second-order valence-electron chi connectivity index (χ2n) is 16.0. The molecule has 4 amide bonds. The fourth-order valence-corrected chi connectivity index (χ4v) is 8.38. The molecule has 15 heteroatoms. The van der Waals surface area contributed by atoms with Crippen molar-refractivity contribution in [3.05, 3.63) is 121 Å². The lowest BCUT2D eigenvalue weighted by Gasteiger charge is -2.29. The number of aromatic nitrogens is 4. The maximum Gasteiger partial charge on any atom is 0.407 e. The number of carbonyl (C=O) groups is 5. The van der Waals surface area contributed by atoms with Crippen molar-refractivity contribution in [1.29, 1.82) is 0 Å². The molecule has 2 aliphatic rings. The van der Waals surface area contributed by atoms with Crippen LogP contribution in [0.15, 0.2) is 103 Å². The Labute approximate surface area is 358 Å². The molecule has 4 atom stereocenters. The molecule has 15 nitrogen and oxygen atoms in total. The van der Waals surface area contributed by atoms with Gasteiger partial charge in [0.1, 0.15) is 23.7 Å². The summed E-state index contributed by atoms with van der Waals surface area (Å²) in [6.07, 6.45) is 3.79. The first-order valence-electron chi connectivity index (χ1n) is 20.6. The van der Waals surface area contributed by atoms with Crippen molar-refractivity contribution in [1.82, 2.24) is 40.4 Å². The van der Waals surface area contributed by atoms with E-state index in [0.717, 1.165) is 57.3 Å². The van der Waals surface area contributed by atoms with E-state index in [4.69, 9.17) is 14.5 Å². The minimum Gasteiger partial charge on any atom is -0.453 e. The predicted octanol–water partition coefficient (Wildman–Crippen LogP) is 7.27. The quantitative estimate of drug-likeness (QED) is 0.104. The third kappa shape index (κ3) is 8.51. The van der Waals surface area contributed by atoms with Crippen LogP contribution in [-0.2, 0) is 23.9 Å². The zero-order chi connectivity index (χ0) is 43.5. The highest BCUT2D eigenvalue weighted by Gasteiger charge is 2.41. The van der Waals surface area contributed by atoms with Crippen LogP contribution in [-0.4, -0.2) is 92.9 Å². The van der Waals surface area contributed by atoms with E-state index >= 15 is 0 Å². The number of hydrogen-bond acceptors (Lipinski definition) is 9. The first-order chi connectivity index (χ1) is 30.0. The van der Waals surface area contributed by atoms with Crippen molar-refractivity contribution >= 4 is 40.6 Å². The van der Waals surface area contributed by atoms with Gasteiger partial charge in [-0.2, -0.15) is 0 Å².